The standard InChI is InChI=1S/C14H12N4O5/c1-22-13-3-2-9(6-12(13)19)11-7-10(23-16-11)8-17-5-4-15-14(17)18(20)21/h2-7,19H,8H2,1H3. The molecule has 0 saturated carbocycles. The fraction of sp³-hybridized carbons (Fsp3) is 0.143. The van der Waals surface area contributed by atoms with Crippen LogP contribution in [0.2, 0.25) is 0 Å². The molecule has 3 rings (SSSR count). The van der Waals surface area contributed by atoms with Crippen molar-refractivity contribution in [2.45, 2.75) is 6.54 Å². The van der Waals surface area contributed by atoms with Crippen LogP contribution < -0.4 is 4.74 Å². The number of hydrogen-bond donors (Lipinski definition) is 1. The lowest BCUT2D eigenvalue weighted by molar-refractivity contribution is -0.396. The molecule has 0 amide bonds. The number of hydrogen-bond acceptors (Lipinski definition) is 7. The summed E-state index contributed by atoms with van der Waals surface area (Å²) in [6.45, 7) is 0.130. The van der Waals surface area contributed by atoms with Crippen LogP contribution in [0, 0.1) is 10.1 Å². The molecule has 0 unspecified atom stereocenters. The average molecular weight is 316 g/mol. The number of ether oxygens (including phenoxy) is 1. The van der Waals surface area contributed by atoms with Gasteiger partial charge in [-0.15, -0.1) is 0 Å². The van der Waals surface area contributed by atoms with Gasteiger partial charge < -0.3 is 24.5 Å². The van der Waals surface area contributed by atoms with E-state index in [-0.39, 0.29) is 18.2 Å². The van der Waals surface area contributed by atoms with E-state index < -0.39 is 4.92 Å². The predicted molar refractivity (Wildman–Crippen MR) is 78.1 cm³/mol. The van der Waals surface area contributed by atoms with Crippen molar-refractivity contribution in [3.05, 3.63) is 52.5 Å². The first-order chi connectivity index (χ1) is 11.1. The molecule has 0 aliphatic heterocycles. The number of aromatic hydroxyl groups is 1. The predicted octanol–water partition coefficient (Wildman–Crippen LogP) is 2.21. The molecule has 3 aromatic rings. The van der Waals surface area contributed by atoms with E-state index in [1.165, 1.54) is 30.1 Å². The highest BCUT2D eigenvalue weighted by molar-refractivity contribution is 5.63. The van der Waals surface area contributed by atoms with Crippen LogP contribution in [0.5, 0.6) is 11.5 Å². The quantitative estimate of drug-likeness (QED) is 0.566. The lowest BCUT2D eigenvalue weighted by Gasteiger charge is -2.03. The molecule has 23 heavy (non-hydrogen) atoms. The highest BCUT2D eigenvalue weighted by Crippen LogP contribution is 2.31. The summed E-state index contributed by atoms with van der Waals surface area (Å²) in [4.78, 5) is 13.9. The van der Waals surface area contributed by atoms with Gasteiger partial charge in [0.2, 0.25) is 0 Å². The van der Waals surface area contributed by atoms with Crippen LogP contribution in [0.4, 0.5) is 5.95 Å². The molecule has 9 heteroatoms. The van der Waals surface area contributed by atoms with E-state index >= 15 is 0 Å². The molecule has 0 aliphatic carbocycles. The van der Waals surface area contributed by atoms with Gasteiger partial charge in [-0.25, -0.2) is 4.57 Å². The van der Waals surface area contributed by atoms with Gasteiger partial charge in [0.25, 0.3) is 0 Å². The monoisotopic (exact) mass is 316 g/mol. The zero-order valence-corrected chi connectivity index (χ0v) is 12.0. The Morgan fingerprint density at radius 3 is 2.96 bits per heavy atom. The van der Waals surface area contributed by atoms with Gasteiger partial charge in [-0.3, -0.25) is 0 Å². The lowest BCUT2D eigenvalue weighted by Crippen LogP contribution is -2.03. The fourth-order valence-electron chi connectivity index (χ4n) is 2.14. The molecule has 2 heterocycles. The number of imidazole rings is 1. The first-order valence-electron chi connectivity index (χ1n) is 6.57. The Morgan fingerprint density at radius 2 is 2.26 bits per heavy atom. The molecular formula is C14H12N4O5. The van der Waals surface area contributed by atoms with Crippen molar-refractivity contribution in [1.29, 1.82) is 0 Å². The Kier molecular flexibility index (Phi) is 3.67. The van der Waals surface area contributed by atoms with Crippen LogP contribution in [0.15, 0.2) is 41.2 Å². The smallest absolute Gasteiger partial charge is 0.434 e. The van der Waals surface area contributed by atoms with Gasteiger partial charge in [0, 0.05) is 11.6 Å². The Hall–Kier alpha value is -3.36. The van der Waals surface area contributed by atoms with Crippen molar-refractivity contribution in [2.75, 3.05) is 7.11 Å². The first kappa shape index (κ1) is 14.6. The number of phenols is 1. The topological polar surface area (TPSA) is 116 Å². The Balaban J connectivity index is 1.84. The summed E-state index contributed by atoms with van der Waals surface area (Å²) in [6, 6.07) is 6.48. The van der Waals surface area contributed by atoms with Crippen molar-refractivity contribution in [2.24, 2.45) is 0 Å². The van der Waals surface area contributed by atoms with Gasteiger partial charge in [0.05, 0.1) is 7.11 Å². The minimum absolute atomic E-state index is 0.0141. The molecule has 118 valence electrons. The third-order valence-electron chi connectivity index (χ3n) is 3.22. The summed E-state index contributed by atoms with van der Waals surface area (Å²) < 4.78 is 11.5. The molecule has 0 fully saturated rings. The SMILES string of the molecule is COc1ccc(-c2cc(Cn3ccnc3[N+](=O)[O-])on2)cc1O. The largest absolute Gasteiger partial charge is 0.504 e. The number of phenolic OH excluding ortho intramolecular Hbond substituents is 1. The van der Waals surface area contributed by atoms with Crippen molar-refractivity contribution >= 4 is 5.95 Å². The molecule has 0 saturated heterocycles. The summed E-state index contributed by atoms with van der Waals surface area (Å²) in [5.74, 6) is 0.493. The lowest BCUT2D eigenvalue weighted by atomic mass is 10.1. The average Bonchev–Trinajstić information content (AvgIpc) is 3.17. The van der Waals surface area contributed by atoms with Gasteiger partial charge in [0.1, 0.15) is 24.6 Å². The number of methoxy groups -OCH3 is 1. The molecule has 0 bridgehead atoms. The molecule has 0 radical (unpaired) electrons. The van der Waals surface area contributed by atoms with Crippen molar-refractivity contribution in [3.8, 4) is 22.8 Å². The first-order valence-corrected chi connectivity index (χ1v) is 6.57. The maximum Gasteiger partial charge on any atom is 0.434 e. The second-order valence-electron chi connectivity index (χ2n) is 4.68. The number of nitrogens with zero attached hydrogens (tertiary/aromatic N) is 4. The molecule has 0 atom stereocenters. The van der Waals surface area contributed by atoms with Crippen LogP contribution in [0.3, 0.4) is 0 Å². The molecule has 1 aromatic carbocycles. The van der Waals surface area contributed by atoms with Gasteiger partial charge in [-0.05, 0) is 23.1 Å². The maximum absolute atomic E-state index is 10.8. The summed E-state index contributed by atoms with van der Waals surface area (Å²) in [5.41, 5.74) is 1.14. The molecule has 0 spiro atoms. The van der Waals surface area contributed by atoms with Gasteiger partial charge in [-0.2, -0.15) is 0 Å². The van der Waals surface area contributed by atoms with Gasteiger partial charge in [0.15, 0.2) is 17.3 Å². The summed E-state index contributed by atoms with van der Waals surface area (Å²) in [7, 11) is 1.46. The van der Waals surface area contributed by atoms with E-state index in [1.807, 2.05) is 0 Å². The number of benzene rings is 1. The zero-order chi connectivity index (χ0) is 16.4. The highest BCUT2D eigenvalue weighted by atomic mass is 16.6. The van der Waals surface area contributed by atoms with E-state index in [0.717, 1.165) is 0 Å². The zero-order valence-electron chi connectivity index (χ0n) is 12.0. The number of rotatable bonds is 5. The van der Waals surface area contributed by atoms with E-state index in [9.17, 15) is 15.2 Å². The minimum atomic E-state index is -0.571. The summed E-state index contributed by atoms with van der Waals surface area (Å²) >= 11 is 0. The number of nitro groups is 1. The van der Waals surface area contributed by atoms with Gasteiger partial charge in [-0.1, -0.05) is 10.1 Å². The normalized spacial score (nSPS) is 10.7. The van der Waals surface area contributed by atoms with Crippen LogP contribution in [0.25, 0.3) is 11.3 Å². The van der Waals surface area contributed by atoms with Crippen molar-refractivity contribution in [3.63, 3.8) is 0 Å². The van der Waals surface area contributed by atoms with E-state index in [1.54, 1.807) is 18.2 Å². The molecule has 1 N–H and O–H groups in total. The van der Waals surface area contributed by atoms with E-state index in [2.05, 4.69) is 10.1 Å². The Bertz CT molecular complexity index is 854. The molecule has 0 aliphatic rings. The van der Waals surface area contributed by atoms with Crippen LogP contribution in [0.1, 0.15) is 5.76 Å². The molecule has 9 nitrogen and oxygen atoms in total. The summed E-state index contributed by atoms with van der Waals surface area (Å²) in [5, 5.41) is 24.5. The highest BCUT2D eigenvalue weighted by Gasteiger charge is 2.17. The van der Waals surface area contributed by atoms with Crippen molar-refractivity contribution < 1.29 is 19.3 Å². The Labute approximate surface area is 129 Å². The second kappa shape index (κ2) is 5.79. The fourth-order valence-corrected chi connectivity index (χ4v) is 2.14. The van der Waals surface area contributed by atoms with E-state index in [4.69, 9.17) is 9.26 Å². The maximum atomic E-state index is 10.8. The van der Waals surface area contributed by atoms with Gasteiger partial charge >= 0.3 is 5.95 Å². The molecule has 2 aromatic heterocycles. The third-order valence-corrected chi connectivity index (χ3v) is 3.22. The molecular weight excluding hydrogens is 304 g/mol. The number of aromatic nitrogens is 3. The summed E-state index contributed by atoms with van der Waals surface area (Å²) in [6.07, 6.45) is 2.83. The van der Waals surface area contributed by atoms with Crippen molar-refractivity contribution in [1.82, 2.24) is 14.7 Å². The third kappa shape index (κ3) is 2.84. The minimum Gasteiger partial charge on any atom is -0.504 e. The van der Waals surface area contributed by atoms with Crippen LogP contribution >= 0.6 is 0 Å². The second-order valence-corrected chi connectivity index (χ2v) is 4.68. The van der Waals surface area contributed by atoms with Crippen LogP contribution in [-0.4, -0.2) is 31.8 Å². The van der Waals surface area contributed by atoms with E-state index in [0.29, 0.717) is 22.8 Å². The Morgan fingerprint density at radius 1 is 1.43 bits per heavy atom. The van der Waals surface area contributed by atoms with Crippen LogP contribution in [-0.2, 0) is 6.54 Å².